The summed E-state index contributed by atoms with van der Waals surface area (Å²) in [5, 5.41) is 41.2. The zero-order valence-corrected chi connectivity index (χ0v) is 33.1. The standard InChI is InChI=1S/2C21H16F3N3O2.2CH4O/c2*22-21(23,24)12-5-7-14-17(8-12)25-10-18-19(14)29-20(27-18)26-16-3-1-2-11-4-6-13(28)9-15(11)16;2*1-2/h2*1-3,5,7-8,10,13,28H,4,6,9H2,(H,26,27);2*2H,1H3/t2*13-;;/m00../s1. The number of oxazole rings is 2. The summed E-state index contributed by atoms with van der Waals surface area (Å²) in [7, 11) is 2.00. The van der Waals surface area contributed by atoms with Gasteiger partial charge >= 0.3 is 12.4 Å². The molecule has 0 bridgehead atoms. The van der Waals surface area contributed by atoms with E-state index in [1.807, 2.05) is 36.4 Å². The van der Waals surface area contributed by atoms with Crippen molar-refractivity contribution in [1.82, 2.24) is 19.9 Å². The van der Waals surface area contributed by atoms with Crippen molar-refractivity contribution < 1.29 is 55.6 Å². The maximum absolute atomic E-state index is 13.0. The molecule has 10 rings (SSSR count). The first kappa shape index (κ1) is 43.7. The largest absolute Gasteiger partial charge is 0.423 e. The predicted octanol–water partition coefficient (Wildman–Crippen LogP) is 9.19. The van der Waals surface area contributed by atoms with E-state index in [0.717, 1.165) is 86.7 Å². The monoisotopic (exact) mass is 862 g/mol. The van der Waals surface area contributed by atoms with E-state index in [-0.39, 0.29) is 35.3 Å². The van der Waals surface area contributed by atoms with Crippen LogP contribution in [0.3, 0.4) is 0 Å². The highest BCUT2D eigenvalue weighted by molar-refractivity contribution is 6.02. The maximum Gasteiger partial charge on any atom is 0.416 e. The van der Waals surface area contributed by atoms with Crippen molar-refractivity contribution in [2.24, 2.45) is 0 Å². The Morgan fingerprint density at radius 3 is 1.35 bits per heavy atom. The van der Waals surface area contributed by atoms with Crippen LogP contribution in [0.1, 0.15) is 46.2 Å². The summed E-state index contributed by atoms with van der Waals surface area (Å²) in [5.41, 5.74) is 6.47. The molecule has 62 heavy (non-hydrogen) atoms. The molecular formula is C44H40F6N6O6. The minimum absolute atomic E-state index is 0.190. The number of aryl methyl sites for hydroxylation is 2. The Hall–Kier alpha value is -6.34. The van der Waals surface area contributed by atoms with Gasteiger partial charge < -0.3 is 39.9 Å². The zero-order valence-electron chi connectivity index (χ0n) is 33.1. The van der Waals surface area contributed by atoms with E-state index in [4.69, 9.17) is 19.0 Å². The summed E-state index contributed by atoms with van der Waals surface area (Å²) in [6.07, 6.45) is -2.68. The first-order valence-corrected chi connectivity index (χ1v) is 19.3. The van der Waals surface area contributed by atoms with Crippen LogP contribution in [0.25, 0.3) is 44.0 Å². The lowest BCUT2D eigenvalue weighted by molar-refractivity contribution is -0.138. The fraction of sp³-hybridized carbons (Fsp3) is 0.273. The normalized spacial score (nSPS) is 16.0. The van der Waals surface area contributed by atoms with Crippen molar-refractivity contribution in [3.8, 4) is 0 Å². The molecule has 0 spiro atoms. The van der Waals surface area contributed by atoms with Gasteiger partial charge in [-0.2, -0.15) is 36.3 Å². The third-order valence-electron chi connectivity index (χ3n) is 10.5. The highest BCUT2D eigenvalue weighted by atomic mass is 19.4. The Morgan fingerprint density at radius 2 is 0.968 bits per heavy atom. The van der Waals surface area contributed by atoms with Crippen molar-refractivity contribution in [1.29, 1.82) is 0 Å². The van der Waals surface area contributed by atoms with Crippen molar-refractivity contribution in [2.75, 3.05) is 24.9 Å². The number of fused-ring (bicyclic) bond motifs is 8. The summed E-state index contributed by atoms with van der Waals surface area (Å²) in [6, 6.07) is 18.9. The van der Waals surface area contributed by atoms with Crippen LogP contribution in [0.4, 0.5) is 49.7 Å². The lowest BCUT2D eigenvalue weighted by Gasteiger charge is -2.23. The molecule has 0 saturated heterocycles. The van der Waals surface area contributed by atoms with Crippen molar-refractivity contribution in [3.63, 3.8) is 0 Å². The molecule has 2 atom stereocenters. The minimum atomic E-state index is -4.43. The number of halogens is 6. The van der Waals surface area contributed by atoms with E-state index in [0.29, 0.717) is 45.8 Å². The highest BCUT2D eigenvalue weighted by Crippen LogP contribution is 2.37. The minimum Gasteiger partial charge on any atom is -0.423 e. The number of nitrogens with zero attached hydrogens (tertiary/aromatic N) is 4. The smallest absolute Gasteiger partial charge is 0.416 e. The third kappa shape index (κ3) is 9.13. The van der Waals surface area contributed by atoms with Crippen LogP contribution in [0.2, 0.25) is 0 Å². The number of rotatable bonds is 4. The molecule has 0 aliphatic heterocycles. The van der Waals surface area contributed by atoms with Gasteiger partial charge in [-0.25, -0.2) is 0 Å². The molecule has 0 fully saturated rings. The molecule has 8 aromatic rings. The van der Waals surface area contributed by atoms with Crippen LogP contribution in [0.15, 0.2) is 94.0 Å². The van der Waals surface area contributed by atoms with Gasteiger partial charge in [0, 0.05) is 49.2 Å². The lowest BCUT2D eigenvalue weighted by Crippen LogP contribution is -2.19. The Balaban J connectivity index is 0.000000173. The summed E-state index contributed by atoms with van der Waals surface area (Å²) in [5.74, 6) is 0. The molecule has 4 heterocycles. The Kier molecular flexibility index (Phi) is 12.7. The molecule has 0 amide bonds. The van der Waals surface area contributed by atoms with Crippen LogP contribution >= 0.6 is 0 Å². The van der Waals surface area contributed by atoms with Crippen LogP contribution in [0.5, 0.6) is 0 Å². The zero-order chi connectivity index (χ0) is 44.3. The van der Waals surface area contributed by atoms with Crippen LogP contribution in [-0.4, -0.2) is 66.8 Å². The second-order valence-corrected chi connectivity index (χ2v) is 14.4. The summed E-state index contributed by atoms with van der Waals surface area (Å²) in [4.78, 5) is 16.9. The summed E-state index contributed by atoms with van der Waals surface area (Å²) in [6.45, 7) is 0. The second kappa shape index (κ2) is 17.9. The maximum atomic E-state index is 13.0. The number of hydrogen-bond donors (Lipinski definition) is 6. The average Bonchev–Trinajstić information content (AvgIpc) is 3.89. The van der Waals surface area contributed by atoms with Crippen molar-refractivity contribution in [3.05, 3.63) is 119 Å². The van der Waals surface area contributed by atoms with Crippen LogP contribution < -0.4 is 10.6 Å². The SMILES string of the molecule is CO.CO.O[C@H]1CCc2cccc(Nc3nc4cnc5cc(C(F)(F)F)ccc5c4o3)c2C1.O[C@H]1CCc2cccc(Nc3nc4cnc5cc(C(F)(F)F)ccc5c4o3)c2C1. The topological polar surface area (TPSA) is 183 Å². The van der Waals surface area contributed by atoms with Gasteiger partial charge in [0.2, 0.25) is 0 Å². The van der Waals surface area contributed by atoms with Crippen LogP contribution in [0, 0.1) is 0 Å². The van der Waals surface area contributed by atoms with Gasteiger partial charge in [-0.1, -0.05) is 24.3 Å². The Bertz CT molecular complexity index is 2670. The molecule has 4 aromatic carbocycles. The molecule has 324 valence electrons. The number of aliphatic hydroxyl groups excluding tert-OH is 4. The molecule has 2 aliphatic rings. The number of alkyl halides is 6. The van der Waals surface area contributed by atoms with Crippen LogP contribution in [-0.2, 0) is 38.0 Å². The number of nitrogens with one attached hydrogen (secondary N) is 2. The van der Waals surface area contributed by atoms with Gasteiger partial charge in [-0.3, -0.25) is 9.97 Å². The molecule has 0 radical (unpaired) electrons. The lowest BCUT2D eigenvalue weighted by atomic mass is 9.88. The fourth-order valence-corrected chi connectivity index (χ4v) is 7.61. The molecular weight excluding hydrogens is 823 g/mol. The number of benzene rings is 4. The van der Waals surface area contributed by atoms with E-state index in [2.05, 4.69) is 30.6 Å². The first-order valence-electron chi connectivity index (χ1n) is 19.3. The van der Waals surface area contributed by atoms with E-state index in [1.165, 1.54) is 35.7 Å². The summed E-state index contributed by atoms with van der Waals surface area (Å²) < 4.78 is 89.3. The van der Waals surface area contributed by atoms with Crippen molar-refractivity contribution in [2.45, 2.75) is 63.1 Å². The molecule has 6 N–H and O–H groups in total. The van der Waals surface area contributed by atoms with Gasteiger partial charge in [0.05, 0.1) is 46.8 Å². The molecule has 0 unspecified atom stereocenters. The molecule has 12 nitrogen and oxygen atoms in total. The molecule has 2 aliphatic carbocycles. The Morgan fingerprint density at radius 1 is 0.565 bits per heavy atom. The van der Waals surface area contributed by atoms with E-state index < -0.39 is 23.5 Å². The van der Waals surface area contributed by atoms with Crippen molar-refractivity contribution >= 4 is 67.4 Å². The highest BCUT2D eigenvalue weighted by Gasteiger charge is 2.32. The number of pyridine rings is 2. The van der Waals surface area contributed by atoms with E-state index >= 15 is 0 Å². The predicted molar refractivity (Wildman–Crippen MR) is 220 cm³/mol. The van der Waals surface area contributed by atoms with Gasteiger partial charge in [0.15, 0.2) is 11.2 Å². The average molecular weight is 863 g/mol. The third-order valence-corrected chi connectivity index (χ3v) is 10.5. The van der Waals surface area contributed by atoms with E-state index in [1.54, 1.807) is 0 Å². The van der Waals surface area contributed by atoms with Gasteiger partial charge in [-0.15, -0.1) is 0 Å². The van der Waals surface area contributed by atoms with E-state index in [9.17, 15) is 36.6 Å². The number of aromatic nitrogens is 4. The number of anilines is 4. The molecule has 0 saturated carbocycles. The fourth-order valence-electron chi connectivity index (χ4n) is 7.61. The molecule has 18 heteroatoms. The number of hydrogen-bond acceptors (Lipinski definition) is 12. The first-order chi connectivity index (χ1) is 29.8. The second-order valence-electron chi connectivity index (χ2n) is 14.4. The quantitative estimate of drug-likeness (QED) is 0.0925. The summed E-state index contributed by atoms with van der Waals surface area (Å²) >= 11 is 0. The number of aliphatic hydroxyl groups is 4. The van der Waals surface area contributed by atoms with Gasteiger partial charge in [0.25, 0.3) is 12.0 Å². The van der Waals surface area contributed by atoms with Gasteiger partial charge in [0.1, 0.15) is 11.0 Å². The Labute approximate surface area is 348 Å². The molecule has 4 aromatic heterocycles. The van der Waals surface area contributed by atoms with Gasteiger partial charge in [-0.05, 0) is 96.5 Å².